The predicted molar refractivity (Wildman–Crippen MR) is 81.4 cm³/mol. The van der Waals surface area contributed by atoms with E-state index in [9.17, 15) is 0 Å². The molecule has 4 heteroatoms. The van der Waals surface area contributed by atoms with Crippen molar-refractivity contribution in [1.82, 2.24) is 14.5 Å². The first kappa shape index (κ1) is 14.1. The zero-order valence-corrected chi connectivity index (χ0v) is 12.7. The first-order valence-electron chi connectivity index (χ1n) is 8.28. The molecule has 2 fully saturated rings. The van der Waals surface area contributed by atoms with Gasteiger partial charge in [0, 0.05) is 30.9 Å². The molecule has 0 amide bonds. The van der Waals surface area contributed by atoms with Gasteiger partial charge in [0.05, 0.1) is 12.0 Å². The molecule has 0 aromatic carbocycles. The highest BCUT2D eigenvalue weighted by Gasteiger charge is 2.28. The van der Waals surface area contributed by atoms with Gasteiger partial charge in [0.25, 0.3) is 0 Å². The first-order valence-corrected chi connectivity index (χ1v) is 8.28. The van der Waals surface area contributed by atoms with Crippen LogP contribution in [-0.2, 0) is 6.54 Å². The third kappa shape index (κ3) is 3.23. The Morgan fingerprint density at radius 2 is 2.00 bits per heavy atom. The minimum Gasteiger partial charge on any atom is -0.330 e. The Labute approximate surface area is 122 Å². The van der Waals surface area contributed by atoms with Crippen LogP contribution in [0.5, 0.6) is 0 Å². The maximum Gasteiger partial charge on any atom is 0.0951 e. The Balaban J connectivity index is 1.65. The van der Waals surface area contributed by atoms with Crippen molar-refractivity contribution in [3.8, 4) is 0 Å². The van der Waals surface area contributed by atoms with Crippen LogP contribution in [0.4, 0.5) is 0 Å². The van der Waals surface area contributed by atoms with E-state index in [0.717, 1.165) is 18.6 Å². The van der Waals surface area contributed by atoms with Crippen LogP contribution in [0, 0.1) is 0 Å². The first-order chi connectivity index (χ1) is 9.78. The predicted octanol–water partition coefficient (Wildman–Crippen LogP) is 2.70. The molecule has 0 atom stereocenters. The summed E-state index contributed by atoms with van der Waals surface area (Å²) in [5.74, 6) is 0. The van der Waals surface area contributed by atoms with Crippen molar-refractivity contribution in [3.05, 3.63) is 18.2 Å². The van der Waals surface area contributed by atoms with Gasteiger partial charge in [-0.2, -0.15) is 0 Å². The van der Waals surface area contributed by atoms with Gasteiger partial charge in [-0.1, -0.05) is 6.92 Å². The molecular formula is C16H28N4. The van der Waals surface area contributed by atoms with Gasteiger partial charge >= 0.3 is 0 Å². The molecule has 3 rings (SSSR count). The van der Waals surface area contributed by atoms with E-state index in [4.69, 9.17) is 5.73 Å². The smallest absolute Gasteiger partial charge is 0.0951 e. The van der Waals surface area contributed by atoms with Crippen molar-refractivity contribution in [1.29, 1.82) is 0 Å². The molecule has 0 bridgehead atoms. The van der Waals surface area contributed by atoms with Crippen molar-refractivity contribution in [2.75, 3.05) is 6.54 Å². The van der Waals surface area contributed by atoms with Crippen LogP contribution in [0.2, 0.25) is 0 Å². The van der Waals surface area contributed by atoms with Crippen LogP contribution in [0.3, 0.4) is 0 Å². The lowest BCUT2D eigenvalue weighted by molar-refractivity contribution is 0.139. The van der Waals surface area contributed by atoms with E-state index in [2.05, 4.69) is 27.6 Å². The zero-order chi connectivity index (χ0) is 13.9. The van der Waals surface area contributed by atoms with Gasteiger partial charge in [0.15, 0.2) is 0 Å². The molecule has 2 aliphatic rings. The third-order valence-electron chi connectivity index (χ3n) is 4.82. The van der Waals surface area contributed by atoms with Crippen LogP contribution in [0.25, 0.3) is 0 Å². The van der Waals surface area contributed by atoms with Gasteiger partial charge in [0.2, 0.25) is 0 Å². The second kappa shape index (κ2) is 6.27. The average Bonchev–Trinajstić information content (AvgIpc) is 3.19. The van der Waals surface area contributed by atoms with Gasteiger partial charge in [0.1, 0.15) is 0 Å². The molecule has 0 spiro atoms. The molecule has 1 aromatic heterocycles. The summed E-state index contributed by atoms with van der Waals surface area (Å²) in [6, 6.07) is 1.89. The van der Waals surface area contributed by atoms with E-state index in [1.165, 1.54) is 57.2 Å². The summed E-state index contributed by atoms with van der Waals surface area (Å²) in [7, 11) is 0. The SMILES string of the molecule is CCCN(Cc1cncn1C1CC1)C1CCC(N)CC1. The average molecular weight is 276 g/mol. The summed E-state index contributed by atoms with van der Waals surface area (Å²) in [6.45, 7) is 4.53. The van der Waals surface area contributed by atoms with Gasteiger partial charge in [-0.3, -0.25) is 4.90 Å². The second-order valence-corrected chi connectivity index (χ2v) is 6.56. The normalized spacial score (nSPS) is 27.1. The number of nitrogens with two attached hydrogens (primary N) is 1. The van der Waals surface area contributed by atoms with E-state index in [1.807, 2.05) is 6.33 Å². The Kier molecular flexibility index (Phi) is 4.41. The molecule has 0 saturated heterocycles. The standard InChI is InChI=1S/C16H28N4/c1-2-9-19(14-5-3-13(17)4-6-14)11-16-10-18-12-20(16)15-7-8-15/h10,12-15H,2-9,11,17H2,1H3. The molecule has 1 aromatic rings. The fraction of sp³-hybridized carbons (Fsp3) is 0.812. The second-order valence-electron chi connectivity index (χ2n) is 6.56. The number of nitrogens with zero attached hydrogens (tertiary/aromatic N) is 3. The minimum absolute atomic E-state index is 0.437. The number of hydrogen-bond donors (Lipinski definition) is 1. The molecule has 2 saturated carbocycles. The highest BCUT2D eigenvalue weighted by molar-refractivity contribution is 5.04. The monoisotopic (exact) mass is 276 g/mol. The summed E-state index contributed by atoms with van der Waals surface area (Å²) < 4.78 is 2.40. The van der Waals surface area contributed by atoms with E-state index < -0.39 is 0 Å². The molecule has 0 aliphatic heterocycles. The minimum atomic E-state index is 0.437. The Hall–Kier alpha value is -0.870. The summed E-state index contributed by atoms with van der Waals surface area (Å²) in [5.41, 5.74) is 7.45. The maximum absolute atomic E-state index is 6.05. The van der Waals surface area contributed by atoms with Gasteiger partial charge in [-0.15, -0.1) is 0 Å². The third-order valence-corrected chi connectivity index (χ3v) is 4.82. The van der Waals surface area contributed by atoms with Crippen molar-refractivity contribution in [2.24, 2.45) is 5.73 Å². The van der Waals surface area contributed by atoms with Crippen molar-refractivity contribution < 1.29 is 0 Å². The lowest BCUT2D eigenvalue weighted by atomic mass is 9.90. The highest BCUT2D eigenvalue weighted by atomic mass is 15.2. The molecule has 2 aliphatic carbocycles. The molecule has 1 heterocycles. The van der Waals surface area contributed by atoms with E-state index >= 15 is 0 Å². The van der Waals surface area contributed by atoms with Crippen molar-refractivity contribution >= 4 is 0 Å². The van der Waals surface area contributed by atoms with Crippen LogP contribution < -0.4 is 5.73 Å². The van der Waals surface area contributed by atoms with E-state index in [0.29, 0.717) is 6.04 Å². The highest BCUT2D eigenvalue weighted by Crippen LogP contribution is 2.36. The topological polar surface area (TPSA) is 47.1 Å². The van der Waals surface area contributed by atoms with Crippen LogP contribution in [0.1, 0.15) is 63.6 Å². The quantitative estimate of drug-likeness (QED) is 0.869. The van der Waals surface area contributed by atoms with Crippen LogP contribution in [0.15, 0.2) is 12.5 Å². The fourth-order valence-electron chi connectivity index (χ4n) is 3.49. The molecule has 0 unspecified atom stereocenters. The lowest BCUT2D eigenvalue weighted by Crippen LogP contribution is -2.41. The summed E-state index contributed by atoms with van der Waals surface area (Å²) in [5, 5.41) is 0. The van der Waals surface area contributed by atoms with Crippen LogP contribution >= 0.6 is 0 Å². The number of rotatable bonds is 6. The number of aromatic nitrogens is 2. The van der Waals surface area contributed by atoms with E-state index in [1.54, 1.807) is 0 Å². The maximum atomic E-state index is 6.05. The number of imidazole rings is 1. The Morgan fingerprint density at radius 3 is 2.65 bits per heavy atom. The molecule has 112 valence electrons. The summed E-state index contributed by atoms with van der Waals surface area (Å²) in [6.07, 6.45) is 12.9. The fourth-order valence-corrected chi connectivity index (χ4v) is 3.49. The zero-order valence-electron chi connectivity index (χ0n) is 12.7. The summed E-state index contributed by atoms with van der Waals surface area (Å²) in [4.78, 5) is 7.04. The molecule has 4 nitrogen and oxygen atoms in total. The Bertz CT molecular complexity index is 416. The van der Waals surface area contributed by atoms with Gasteiger partial charge in [-0.25, -0.2) is 4.98 Å². The summed E-state index contributed by atoms with van der Waals surface area (Å²) >= 11 is 0. The van der Waals surface area contributed by atoms with E-state index in [-0.39, 0.29) is 0 Å². The van der Waals surface area contributed by atoms with Gasteiger partial charge < -0.3 is 10.3 Å². The number of hydrogen-bond acceptors (Lipinski definition) is 3. The van der Waals surface area contributed by atoms with Crippen molar-refractivity contribution in [3.63, 3.8) is 0 Å². The Morgan fingerprint density at radius 1 is 1.25 bits per heavy atom. The van der Waals surface area contributed by atoms with Crippen molar-refractivity contribution in [2.45, 2.75) is 76.5 Å². The molecular weight excluding hydrogens is 248 g/mol. The van der Waals surface area contributed by atoms with Crippen LogP contribution in [-0.4, -0.2) is 33.1 Å². The molecule has 20 heavy (non-hydrogen) atoms. The largest absolute Gasteiger partial charge is 0.330 e. The lowest BCUT2D eigenvalue weighted by Gasteiger charge is -2.36. The molecule has 0 radical (unpaired) electrons. The molecule has 2 N–H and O–H groups in total. The van der Waals surface area contributed by atoms with Gasteiger partial charge in [-0.05, 0) is 51.5 Å².